The standard InChI is InChI=1S/C19H31NO2.ClH/c1-3-4-5-6-7-8-9-10-15-22-18-13-11-17(12-14-18)19(21)16(2)20;/h11-14,16H,3-10,15,20H2,1-2H3;1H. The van der Waals surface area contributed by atoms with Gasteiger partial charge in [0.15, 0.2) is 5.78 Å². The first-order chi connectivity index (χ1) is 10.6. The summed E-state index contributed by atoms with van der Waals surface area (Å²) in [5.41, 5.74) is 6.24. The molecular weight excluding hydrogens is 310 g/mol. The smallest absolute Gasteiger partial charge is 0.179 e. The summed E-state index contributed by atoms with van der Waals surface area (Å²) in [4.78, 5) is 11.7. The van der Waals surface area contributed by atoms with Crippen LogP contribution in [0.25, 0.3) is 0 Å². The van der Waals surface area contributed by atoms with Crippen molar-refractivity contribution in [2.45, 2.75) is 71.3 Å². The third-order valence-corrected chi connectivity index (χ3v) is 3.82. The fourth-order valence-electron chi connectivity index (χ4n) is 2.40. The van der Waals surface area contributed by atoms with E-state index in [0.717, 1.165) is 18.8 Å². The minimum Gasteiger partial charge on any atom is -0.494 e. The van der Waals surface area contributed by atoms with Gasteiger partial charge in [0.05, 0.1) is 12.6 Å². The number of hydrogen-bond acceptors (Lipinski definition) is 3. The largest absolute Gasteiger partial charge is 0.494 e. The van der Waals surface area contributed by atoms with Gasteiger partial charge in [0.25, 0.3) is 0 Å². The van der Waals surface area contributed by atoms with Crippen molar-refractivity contribution >= 4 is 18.2 Å². The maximum atomic E-state index is 11.7. The fraction of sp³-hybridized carbons (Fsp3) is 0.632. The number of carbonyl (C=O) groups is 1. The highest BCUT2D eigenvalue weighted by Crippen LogP contribution is 2.14. The van der Waals surface area contributed by atoms with Crippen LogP contribution in [-0.2, 0) is 0 Å². The van der Waals surface area contributed by atoms with Crippen molar-refractivity contribution in [1.82, 2.24) is 0 Å². The monoisotopic (exact) mass is 341 g/mol. The molecule has 0 saturated carbocycles. The molecule has 0 aliphatic rings. The first kappa shape index (κ1) is 21.9. The van der Waals surface area contributed by atoms with Gasteiger partial charge in [-0.3, -0.25) is 4.79 Å². The van der Waals surface area contributed by atoms with Gasteiger partial charge in [-0.25, -0.2) is 0 Å². The molecule has 1 atom stereocenters. The van der Waals surface area contributed by atoms with Crippen molar-refractivity contribution in [2.75, 3.05) is 6.61 Å². The van der Waals surface area contributed by atoms with Crippen LogP contribution in [-0.4, -0.2) is 18.4 Å². The zero-order valence-corrected chi connectivity index (χ0v) is 15.4. The number of unbranched alkanes of at least 4 members (excludes halogenated alkanes) is 7. The summed E-state index contributed by atoms with van der Waals surface area (Å²) in [6.45, 7) is 4.70. The second-order valence-corrected chi connectivity index (χ2v) is 6.00. The van der Waals surface area contributed by atoms with E-state index < -0.39 is 6.04 Å². The molecule has 0 spiro atoms. The average Bonchev–Trinajstić information content (AvgIpc) is 2.53. The van der Waals surface area contributed by atoms with Crippen LogP contribution in [0.1, 0.15) is 75.6 Å². The maximum Gasteiger partial charge on any atom is 0.179 e. The van der Waals surface area contributed by atoms with E-state index in [1.165, 1.54) is 44.9 Å². The Kier molecular flexibility index (Phi) is 12.8. The van der Waals surface area contributed by atoms with E-state index in [2.05, 4.69) is 6.92 Å². The number of nitrogens with two attached hydrogens (primary N) is 1. The normalized spacial score (nSPS) is 11.6. The molecule has 0 aliphatic carbocycles. The van der Waals surface area contributed by atoms with E-state index >= 15 is 0 Å². The van der Waals surface area contributed by atoms with Gasteiger partial charge in [0.2, 0.25) is 0 Å². The van der Waals surface area contributed by atoms with E-state index in [9.17, 15) is 4.79 Å². The molecule has 4 heteroatoms. The van der Waals surface area contributed by atoms with Crippen LogP contribution in [0.4, 0.5) is 0 Å². The predicted molar refractivity (Wildman–Crippen MR) is 99.8 cm³/mol. The lowest BCUT2D eigenvalue weighted by atomic mass is 10.1. The van der Waals surface area contributed by atoms with Crippen LogP contribution < -0.4 is 10.5 Å². The van der Waals surface area contributed by atoms with Crippen LogP contribution in [0, 0.1) is 0 Å². The number of Topliss-reactive ketones (excluding diaryl/α,β-unsaturated/α-hetero) is 1. The van der Waals surface area contributed by atoms with Crippen molar-refractivity contribution in [3.63, 3.8) is 0 Å². The van der Waals surface area contributed by atoms with Gasteiger partial charge in [-0.05, 0) is 37.6 Å². The third kappa shape index (κ3) is 9.62. The molecule has 1 rings (SSSR count). The summed E-state index contributed by atoms with van der Waals surface area (Å²) in [5.74, 6) is 0.791. The van der Waals surface area contributed by atoms with E-state index in [1.54, 1.807) is 19.1 Å². The lowest BCUT2D eigenvalue weighted by Gasteiger charge is -2.08. The van der Waals surface area contributed by atoms with E-state index in [1.807, 2.05) is 12.1 Å². The van der Waals surface area contributed by atoms with Crippen LogP contribution in [0.3, 0.4) is 0 Å². The zero-order valence-electron chi connectivity index (χ0n) is 14.6. The summed E-state index contributed by atoms with van der Waals surface area (Å²) < 4.78 is 5.70. The molecule has 0 bridgehead atoms. The Labute approximate surface area is 147 Å². The van der Waals surface area contributed by atoms with E-state index in [0.29, 0.717) is 5.56 Å². The quantitative estimate of drug-likeness (QED) is 0.422. The Morgan fingerprint density at radius 3 is 2.04 bits per heavy atom. The lowest BCUT2D eigenvalue weighted by Crippen LogP contribution is -2.26. The van der Waals surface area contributed by atoms with E-state index in [4.69, 9.17) is 10.5 Å². The number of hydrogen-bond donors (Lipinski definition) is 1. The molecule has 1 aromatic rings. The average molecular weight is 342 g/mol. The highest BCUT2D eigenvalue weighted by atomic mass is 35.5. The third-order valence-electron chi connectivity index (χ3n) is 3.82. The Bertz CT molecular complexity index is 418. The van der Waals surface area contributed by atoms with Gasteiger partial charge < -0.3 is 10.5 Å². The van der Waals surface area contributed by atoms with Crippen molar-refractivity contribution < 1.29 is 9.53 Å². The Morgan fingerprint density at radius 2 is 1.52 bits per heavy atom. The maximum absolute atomic E-state index is 11.7. The molecule has 3 nitrogen and oxygen atoms in total. The first-order valence-corrected chi connectivity index (χ1v) is 8.67. The van der Waals surface area contributed by atoms with E-state index in [-0.39, 0.29) is 18.2 Å². The summed E-state index contributed by atoms with van der Waals surface area (Å²) >= 11 is 0. The zero-order chi connectivity index (χ0) is 16.2. The first-order valence-electron chi connectivity index (χ1n) is 8.67. The number of benzene rings is 1. The fourth-order valence-corrected chi connectivity index (χ4v) is 2.40. The Morgan fingerprint density at radius 1 is 1.00 bits per heavy atom. The summed E-state index contributed by atoms with van der Waals surface area (Å²) in [6.07, 6.45) is 10.4. The minimum atomic E-state index is -0.455. The van der Waals surface area contributed by atoms with Crippen LogP contribution in [0.5, 0.6) is 5.75 Å². The highest BCUT2D eigenvalue weighted by molar-refractivity contribution is 5.99. The summed E-state index contributed by atoms with van der Waals surface area (Å²) in [6, 6.07) is 6.81. The molecule has 1 unspecified atom stereocenters. The molecule has 1 aromatic carbocycles. The summed E-state index contributed by atoms with van der Waals surface area (Å²) in [5, 5.41) is 0. The van der Waals surface area contributed by atoms with Crippen LogP contribution in [0.15, 0.2) is 24.3 Å². The van der Waals surface area contributed by atoms with Crippen molar-refractivity contribution in [1.29, 1.82) is 0 Å². The van der Waals surface area contributed by atoms with Gasteiger partial charge in [-0.15, -0.1) is 12.4 Å². The number of carbonyl (C=O) groups excluding carboxylic acids is 1. The summed E-state index contributed by atoms with van der Waals surface area (Å²) in [7, 11) is 0. The van der Waals surface area contributed by atoms with Gasteiger partial charge in [-0.2, -0.15) is 0 Å². The van der Waals surface area contributed by atoms with Crippen molar-refractivity contribution in [3.05, 3.63) is 29.8 Å². The van der Waals surface area contributed by atoms with Crippen molar-refractivity contribution in [3.8, 4) is 5.75 Å². The second kappa shape index (κ2) is 13.4. The lowest BCUT2D eigenvalue weighted by molar-refractivity contribution is 0.0968. The molecule has 0 fully saturated rings. The molecule has 0 saturated heterocycles. The molecular formula is C19H32ClNO2. The number of rotatable bonds is 12. The number of ether oxygens (including phenoxy) is 1. The molecule has 0 heterocycles. The Balaban J connectivity index is 0.00000484. The Hall–Kier alpha value is -1.06. The van der Waals surface area contributed by atoms with Crippen LogP contribution in [0.2, 0.25) is 0 Å². The molecule has 23 heavy (non-hydrogen) atoms. The molecule has 0 radical (unpaired) electrons. The second-order valence-electron chi connectivity index (χ2n) is 6.00. The minimum absolute atomic E-state index is 0. The van der Waals surface area contributed by atoms with Crippen LogP contribution >= 0.6 is 12.4 Å². The SMILES string of the molecule is CCCCCCCCCCOc1ccc(C(=O)C(C)N)cc1.Cl. The molecule has 0 amide bonds. The molecule has 0 aliphatic heterocycles. The molecule has 2 N–H and O–H groups in total. The van der Waals surface area contributed by atoms with Gasteiger partial charge in [-0.1, -0.05) is 51.9 Å². The molecule has 0 aromatic heterocycles. The van der Waals surface area contributed by atoms with Gasteiger partial charge in [0, 0.05) is 5.56 Å². The topological polar surface area (TPSA) is 52.3 Å². The number of halogens is 1. The number of ketones is 1. The molecule has 132 valence electrons. The van der Waals surface area contributed by atoms with Gasteiger partial charge >= 0.3 is 0 Å². The van der Waals surface area contributed by atoms with Crippen molar-refractivity contribution in [2.24, 2.45) is 5.73 Å². The predicted octanol–water partition coefficient (Wildman–Crippen LogP) is 5.16. The van der Waals surface area contributed by atoms with Gasteiger partial charge in [0.1, 0.15) is 5.75 Å². The highest BCUT2D eigenvalue weighted by Gasteiger charge is 2.10.